The molecule has 0 spiro atoms. The highest BCUT2D eigenvalue weighted by molar-refractivity contribution is 5.85. The van der Waals surface area contributed by atoms with E-state index in [1.807, 2.05) is 42.9 Å². The monoisotopic (exact) mass is 310 g/mol. The Labute approximate surface area is 131 Å². The second-order valence-electron chi connectivity index (χ2n) is 4.88. The predicted molar refractivity (Wildman–Crippen MR) is 87.9 cm³/mol. The number of nitrogens with zero attached hydrogens (tertiary/aromatic N) is 3. The number of benzene rings is 1. The third kappa shape index (κ3) is 3.95. The van der Waals surface area contributed by atoms with Crippen LogP contribution in [0.4, 0.5) is 0 Å². The number of imidazole rings is 1. The molecular weight excluding hydrogens is 288 g/mol. The Balaban J connectivity index is 0.00000220. The largest absolute Gasteiger partial charge is 0.343 e. The number of amides is 1. The summed E-state index contributed by atoms with van der Waals surface area (Å²) in [5.74, 6) is 1.07. The van der Waals surface area contributed by atoms with Gasteiger partial charge < -0.3 is 14.8 Å². The summed E-state index contributed by atoms with van der Waals surface area (Å²) in [6.45, 7) is 3.92. The zero-order valence-corrected chi connectivity index (χ0v) is 13.6. The molecule has 0 fully saturated rings. The van der Waals surface area contributed by atoms with E-state index in [1.165, 1.54) is 0 Å². The van der Waals surface area contributed by atoms with Crippen LogP contribution >= 0.6 is 12.4 Å². The first-order valence-electron chi connectivity index (χ1n) is 7.00. The van der Waals surface area contributed by atoms with Gasteiger partial charge in [0, 0.05) is 26.6 Å². The Morgan fingerprint density at radius 3 is 2.76 bits per heavy atom. The molecule has 6 heteroatoms. The minimum absolute atomic E-state index is 0. The lowest BCUT2D eigenvalue weighted by Gasteiger charge is -2.18. The Morgan fingerprint density at radius 1 is 1.38 bits per heavy atom. The number of aromatic nitrogens is 2. The Bertz CT molecular complexity index is 596. The van der Waals surface area contributed by atoms with Crippen molar-refractivity contribution >= 4 is 29.3 Å². The van der Waals surface area contributed by atoms with Gasteiger partial charge >= 0.3 is 0 Å². The van der Waals surface area contributed by atoms with Gasteiger partial charge in [0.25, 0.3) is 0 Å². The Morgan fingerprint density at radius 2 is 2.10 bits per heavy atom. The molecule has 1 aromatic carbocycles. The van der Waals surface area contributed by atoms with Gasteiger partial charge in [-0.3, -0.25) is 4.79 Å². The fourth-order valence-corrected chi connectivity index (χ4v) is 2.23. The highest BCUT2D eigenvalue weighted by Crippen LogP contribution is 2.16. The van der Waals surface area contributed by atoms with Crippen LogP contribution in [0.15, 0.2) is 24.3 Å². The first-order chi connectivity index (χ1) is 9.67. The molecule has 2 aromatic rings. The zero-order valence-electron chi connectivity index (χ0n) is 12.8. The van der Waals surface area contributed by atoms with E-state index in [0.717, 1.165) is 29.8 Å². The van der Waals surface area contributed by atoms with E-state index in [0.29, 0.717) is 13.1 Å². The molecule has 116 valence electrons. The first kappa shape index (κ1) is 17.5. The fourth-order valence-electron chi connectivity index (χ4n) is 2.23. The lowest BCUT2D eigenvalue weighted by atomic mass is 10.3. The number of likely N-dealkylation sites (N-methyl/N-ethyl adjacent to an activating group) is 2. The molecule has 0 saturated carbocycles. The average Bonchev–Trinajstić information content (AvgIpc) is 2.82. The molecule has 0 saturated heterocycles. The van der Waals surface area contributed by atoms with Crippen LogP contribution < -0.4 is 5.32 Å². The lowest BCUT2D eigenvalue weighted by Crippen LogP contribution is -2.35. The molecule has 0 unspecified atom stereocenters. The molecule has 5 nitrogen and oxygen atoms in total. The predicted octanol–water partition coefficient (Wildman–Crippen LogP) is 1.70. The topological polar surface area (TPSA) is 50.2 Å². The Kier molecular flexibility index (Phi) is 6.65. The number of para-hydroxylation sites is 2. The molecule has 0 aliphatic rings. The van der Waals surface area contributed by atoms with Crippen LogP contribution in [0.2, 0.25) is 0 Å². The van der Waals surface area contributed by atoms with Crippen molar-refractivity contribution in [2.24, 2.45) is 0 Å². The van der Waals surface area contributed by atoms with E-state index in [1.54, 1.807) is 4.90 Å². The van der Waals surface area contributed by atoms with Crippen LogP contribution in [0.3, 0.4) is 0 Å². The number of carbonyl (C=O) groups excluding carboxylic acids is 1. The number of rotatable bonds is 6. The standard InChI is InChI=1S/C15H22N4O.ClH/c1-4-14-17-12-7-5-6-8-13(12)19(14)11-15(20)18(3)10-9-16-2;/h5-8,16H,4,9-11H2,1-3H3;1H. The summed E-state index contributed by atoms with van der Waals surface area (Å²) in [7, 11) is 3.72. The SMILES string of the molecule is CCc1nc2ccccc2n1CC(=O)N(C)CCNC.Cl. The first-order valence-corrected chi connectivity index (χ1v) is 7.00. The van der Waals surface area contributed by atoms with Crippen LogP contribution in [0.25, 0.3) is 11.0 Å². The van der Waals surface area contributed by atoms with Gasteiger partial charge in [0.1, 0.15) is 12.4 Å². The van der Waals surface area contributed by atoms with Crippen molar-refractivity contribution in [1.29, 1.82) is 0 Å². The highest BCUT2D eigenvalue weighted by Gasteiger charge is 2.14. The van der Waals surface area contributed by atoms with Gasteiger partial charge in [0.2, 0.25) is 5.91 Å². The molecule has 2 rings (SSSR count). The number of hydrogen-bond acceptors (Lipinski definition) is 3. The average molecular weight is 311 g/mol. The molecule has 1 N–H and O–H groups in total. The van der Waals surface area contributed by atoms with Crippen molar-refractivity contribution in [2.45, 2.75) is 19.9 Å². The van der Waals surface area contributed by atoms with E-state index in [9.17, 15) is 4.79 Å². The maximum Gasteiger partial charge on any atom is 0.242 e. The van der Waals surface area contributed by atoms with Gasteiger partial charge in [-0.25, -0.2) is 4.98 Å². The molecule has 1 amide bonds. The quantitative estimate of drug-likeness (QED) is 0.883. The summed E-state index contributed by atoms with van der Waals surface area (Å²) in [5.41, 5.74) is 1.98. The second kappa shape index (κ2) is 8.00. The number of fused-ring (bicyclic) bond motifs is 1. The van der Waals surface area contributed by atoms with E-state index >= 15 is 0 Å². The number of carbonyl (C=O) groups is 1. The number of hydrogen-bond donors (Lipinski definition) is 1. The van der Waals surface area contributed by atoms with E-state index in [2.05, 4.69) is 17.2 Å². The summed E-state index contributed by atoms with van der Waals surface area (Å²) >= 11 is 0. The van der Waals surface area contributed by atoms with Gasteiger partial charge in [-0.05, 0) is 19.2 Å². The molecule has 0 atom stereocenters. The molecule has 0 bridgehead atoms. The van der Waals surface area contributed by atoms with Gasteiger partial charge in [-0.1, -0.05) is 19.1 Å². The van der Waals surface area contributed by atoms with E-state index in [-0.39, 0.29) is 18.3 Å². The maximum atomic E-state index is 12.3. The van der Waals surface area contributed by atoms with Crippen molar-refractivity contribution in [3.05, 3.63) is 30.1 Å². The van der Waals surface area contributed by atoms with Crippen LogP contribution in [0.5, 0.6) is 0 Å². The summed E-state index contributed by atoms with van der Waals surface area (Å²) in [4.78, 5) is 18.6. The normalized spacial score (nSPS) is 10.4. The van der Waals surface area contributed by atoms with Crippen molar-refractivity contribution in [3.8, 4) is 0 Å². The summed E-state index contributed by atoms with van der Waals surface area (Å²) in [6, 6.07) is 7.96. The fraction of sp³-hybridized carbons (Fsp3) is 0.467. The van der Waals surface area contributed by atoms with Gasteiger partial charge in [-0.15, -0.1) is 12.4 Å². The third-order valence-corrected chi connectivity index (χ3v) is 3.47. The van der Waals surface area contributed by atoms with Crippen molar-refractivity contribution in [3.63, 3.8) is 0 Å². The van der Waals surface area contributed by atoms with Crippen LogP contribution in [-0.2, 0) is 17.8 Å². The lowest BCUT2D eigenvalue weighted by molar-refractivity contribution is -0.130. The van der Waals surface area contributed by atoms with Crippen molar-refractivity contribution < 1.29 is 4.79 Å². The summed E-state index contributed by atoms with van der Waals surface area (Å²) in [5, 5.41) is 3.05. The smallest absolute Gasteiger partial charge is 0.242 e. The van der Waals surface area contributed by atoms with Gasteiger partial charge in [-0.2, -0.15) is 0 Å². The summed E-state index contributed by atoms with van der Waals surface area (Å²) in [6.07, 6.45) is 0.822. The maximum absolute atomic E-state index is 12.3. The molecule has 1 aromatic heterocycles. The van der Waals surface area contributed by atoms with Gasteiger partial charge in [0.15, 0.2) is 0 Å². The van der Waals surface area contributed by atoms with Crippen LogP contribution in [0, 0.1) is 0 Å². The van der Waals surface area contributed by atoms with E-state index in [4.69, 9.17) is 0 Å². The van der Waals surface area contributed by atoms with Crippen LogP contribution in [0.1, 0.15) is 12.7 Å². The minimum atomic E-state index is 0. The molecule has 0 aliphatic heterocycles. The zero-order chi connectivity index (χ0) is 14.5. The molecule has 0 aliphatic carbocycles. The number of aryl methyl sites for hydroxylation is 1. The molecular formula is C15H23ClN4O. The van der Waals surface area contributed by atoms with Crippen molar-refractivity contribution in [1.82, 2.24) is 19.8 Å². The van der Waals surface area contributed by atoms with E-state index < -0.39 is 0 Å². The van der Waals surface area contributed by atoms with Gasteiger partial charge in [0.05, 0.1) is 11.0 Å². The molecule has 1 heterocycles. The Hall–Kier alpha value is -1.59. The highest BCUT2D eigenvalue weighted by atomic mass is 35.5. The van der Waals surface area contributed by atoms with Crippen molar-refractivity contribution in [2.75, 3.05) is 27.2 Å². The minimum Gasteiger partial charge on any atom is -0.343 e. The second-order valence-corrected chi connectivity index (χ2v) is 4.88. The molecule has 0 radical (unpaired) electrons. The molecule has 21 heavy (non-hydrogen) atoms. The number of nitrogens with one attached hydrogen (secondary N) is 1. The van der Waals surface area contributed by atoms with Crippen LogP contribution in [-0.4, -0.2) is 47.5 Å². The summed E-state index contributed by atoms with van der Waals surface area (Å²) < 4.78 is 2.02. The number of halogens is 1. The third-order valence-electron chi connectivity index (χ3n) is 3.47.